The van der Waals surface area contributed by atoms with Crippen LogP contribution in [0.15, 0.2) is 42.7 Å². The van der Waals surface area contributed by atoms with Gasteiger partial charge < -0.3 is 36.8 Å². The van der Waals surface area contributed by atoms with E-state index in [0.29, 0.717) is 19.4 Å². The predicted molar refractivity (Wildman–Crippen MR) is 112 cm³/mol. The Morgan fingerprint density at radius 1 is 1.00 bits per heavy atom. The van der Waals surface area contributed by atoms with Crippen molar-refractivity contribution in [1.82, 2.24) is 10.6 Å². The third kappa shape index (κ3) is 6.15. The molecule has 11 nitrogen and oxygen atoms in total. The molecule has 1 aromatic heterocycles. The topological polar surface area (TPSA) is 186 Å². The molecule has 2 aromatic rings. The van der Waals surface area contributed by atoms with Gasteiger partial charge in [-0.2, -0.15) is 4.57 Å². The number of carboxylic acids is 1. The first-order valence-corrected chi connectivity index (χ1v) is 9.96. The lowest BCUT2D eigenvalue weighted by Crippen LogP contribution is -2.53. The number of nitrogens with one attached hydrogen (secondary N) is 2. The Hall–Kier alpha value is -3.70. The molecule has 2 unspecified atom stereocenters. The summed E-state index contributed by atoms with van der Waals surface area (Å²) >= 11 is 0. The van der Waals surface area contributed by atoms with Crippen LogP contribution >= 0.6 is 0 Å². The lowest BCUT2D eigenvalue weighted by atomic mass is 10.1. The van der Waals surface area contributed by atoms with Crippen LogP contribution in [0.25, 0.3) is 5.69 Å². The van der Waals surface area contributed by atoms with Crippen molar-refractivity contribution >= 4 is 17.8 Å². The average molecular weight is 447 g/mol. The first-order chi connectivity index (χ1) is 15.3. The van der Waals surface area contributed by atoms with Gasteiger partial charge in [0.05, 0.1) is 6.61 Å². The maximum Gasteiger partial charge on any atom is 0.328 e. The molecular formula is C21H27N4O7+. The number of hydrogen-bond donors (Lipinski definition) is 7. The number of carboxylic acid groups (broad SMARTS) is 1. The molecule has 0 saturated heterocycles. The quantitative estimate of drug-likeness (QED) is 0.132. The second-order valence-corrected chi connectivity index (χ2v) is 7.00. The molecule has 32 heavy (non-hydrogen) atoms. The summed E-state index contributed by atoms with van der Waals surface area (Å²) in [5, 5.41) is 43.2. The highest BCUT2D eigenvalue weighted by atomic mass is 16.4. The Labute approximate surface area is 184 Å². The van der Waals surface area contributed by atoms with Gasteiger partial charge >= 0.3 is 5.97 Å². The van der Waals surface area contributed by atoms with E-state index in [2.05, 4.69) is 10.6 Å². The molecular weight excluding hydrogens is 420 g/mol. The van der Waals surface area contributed by atoms with Gasteiger partial charge in [-0.15, -0.1) is 0 Å². The lowest BCUT2D eigenvalue weighted by Gasteiger charge is -2.21. The highest BCUT2D eigenvalue weighted by molar-refractivity contribution is 6.02. The number of amides is 2. The van der Waals surface area contributed by atoms with Gasteiger partial charge in [0.15, 0.2) is 29.5 Å². The number of carbonyl (C=O) groups is 3. The number of phenols is 2. The first kappa shape index (κ1) is 24.6. The van der Waals surface area contributed by atoms with Crippen molar-refractivity contribution < 1.29 is 39.4 Å². The maximum absolute atomic E-state index is 13.1. The van der Waals surface area contributed by atoms with Gasteiger partial charge in [0.2, 0.25) is 11.6 Å². The van der Waals surface area contributed by atoms with Crippen LogP contribution in [0.3, 0.4) is 0 Å². The van der Waals surface area contributed by atoms with Gasteiger partial charge in [0.1, 0.15) is 12.1 Å². The third-order valence-corrected chi connectivity index (χ3v) is 4.72. The van der Waals surface area contributed by atoms with Crippen molar-refractivity contribution in [2.24, 2.45) is 5.73 Å². The SMILES string of the molecule is NCCCCC(NC(=O)c1c(-[n+]2ccccc2)ccc(O)c1O)C(=O)NC(CO)C(=O)O. The second-order valence-electron chi connectivity index (χ2n) is 7.00. The normalized spacial score (nSPS) is 12.6. The molecule has 2 amide bonds. The summed E-state index contributed by atoms with van der Waals surface area (Å²) in [7, 11) is 0. The van der Waals surface area contributed by atoms with Crippen LogP contribution in [0, 0.1) is 0 Å². The van der Waals surface area contributed by atoms with E-state index in [4.69, 9.17) is 15.9 Å². The number of aliphatic carboxylic acids is 1. The van der Waals surface area contributed by atoms with E-state index in [1.807, 2.05) is 0 Å². The van der Waals surface area contributed by atoms with Crippen LogP contribution in [0.4, 0.5) is 0 Å². The number of pyridine rings is 1. The molecule has 0 spiro atoms. The van der Waals surface area contributed by atoms with Crippen molar-refractivity contribution in [2.75, 3.05) is 13.2 Å². The van der Waals surface area contributed by atoms with Gasteiger partial charge in [-0.3, -0.25) is 9.59 Å². The molecule has 1 aromatic carbocycles. The molecule has 172 valence electrons. The van der Waals surface area contributed by atoms with E-state index in [9.17, 15) is 24.6 Å². The van der Waals surface area contributed by atoms with E-state index in [-0.39, 0.29) is 17.7 Å². The van der Waals surface area contributed by atoms with Crippen LogP contribution < -0.4 is 20.9 Å². The molecule has 0 aliphatic carbocycles. The minimum atomic E-state index is -1.54. The number of benzene rings is 1. The van der Waals surface area contributed by atoms with E-state index < -0.39 is 48.0 Å². The van der Waals surface area contributed by atoms with Crippen LogP contribution in [-0.2, 0) is 9.59 Å². The summed E-state index contributed by atoms with van der Waals surface area (Å²) in [5.41, 5.74) is 5.46. The summed E-state index contributed by atoms with van der Waals surface area (Å²) in [6.07, 6.45) is 4.42. The number of unbranched alkanes of at least 4 members (excludes halogenated alkanes) is 1. The fourth-order valence-corrected chi connectivity index (χ4v) is 3.02. The van der Waals surface area contributed by atoms with Crippen molar-refractivity contribution in [1.29, 1.82) is 0 Å². The number of aliphatic hydroxyl groups is 1. The average Bonchev–Trinajstić information content (AvgIpc) is 2.78. The number of hydrogen-bond acceptors (Lipinski definition) is 7. The molecule has 2 rings (SSSR count). The Balaban J connectivity index is 2.35. The van der Waals surface area contributed by atoms with Crippen molar-refractivity contribution in [3.8, 4) is 17.2 Å². The van der Waals surface area contributed by atoms with Gasteiger partial charge in [-0.25, -0.2) is 4.79 Å². The van der Waals surface area contributed by atoms with Crippen LogP contribution in [0.5, 0.6) is 11.5 Å². The molecule has 2 atom stereocenters. The zero-order chi connectivity index (χ0) is 23.7. The molecule has 0 bridgehead atoms. The Kier molecular flexibility index (Phi) is 8.93. The molecule has 8 N–H and O–H groups in total. The molecule has 0 saturated carbocycles. The highest BCUT2D eigenvalue weighted by Crippen LogP contribution is 2.31. The number of carbonyl (C=O) groups excluding carboxylic acids is 2. The van der Waals surface area contributed by atoms with Crippen LogP contribution in [-0.4, -0.2) is 63.4 Å². The molecule has 1 heterocycles. The summed E-state index contributed by atoms with van der Waals surface area (Å²) in [5.74, 6) is -4.29. The maximum atomic E-state index is 13.1. The Morgan fingerprint density at radius 3 is 2.28 bits per heavy atom. The van der Waals surface area contributed by atoms with Gasteiger partial charge in [0, 0.05) is 18.2 Å². The smallest absolute Gasteiger partial charge is 0.328 e. The van der Waals surface area contributed by atoms with Crippen molar-refractivity contribution in [2.45, 2.75) is 31.3 Å². The minimum Gasteiger partial charge on any atom is -0.504 e. The summed E-state index contributed by atoms with van der Waals surface area (Å²) < 4.78 is 1.55. The summed E-state index contributed by atoms with van der Waals surface area (Å²) in [6, 6.07) is 5.11. The molecule has 0 radical (unpaired) electrons. The standard InChI is InChI=1S/C21H26N4O7/c22-9-3-2-6-13(19(29)24-14(12-26)21(31)32)23-20(30)17-15(7-8-16(27)18(17)28)25-10-4-1-5-11-25/h1,4-5,7-8,10-11,13-14,26H,2-3,6,9,12,22H2,(H4-,23,24,27,28,29,30,31,32)/p+1. The minimum absolute atomic E-state index is 0.139. The zero-order valence-electron chi connectivity index (χ0n) is 17.3. The van der Waals surface area contributed by atoms with E-state index in [0.717, 1.165) is 0 Å². The Morgan fingerprint density at radius 2 is 1.69 bits per heavy atom. The zero-order valence-corrected chi connectivity index (χ0v) is 17.3. The number of phenolic OH excluding ortho intramolecular Hbond substituents is 2. The highest BCUT2D eigenvalue weighted by Gasteiger charge is 2.30. The second kappa shape index (κ2) is 11.6. The predicted octanol–water partition coefficient (Wildman–Crippen LogP) is -0.836. The van der Waals surface area contributed by atoms with E-state index in [1.54, 1.807) is 35.2 Å². The monoisotopic (exact) mass is 447 g/mol. The lowest BCUT2D eigenvalue weighted by molar-refractivity contribution is -0.595. The largest absolute Gasteiger partial charge is 0.504 e. The van der Waals surface area contributed by atoms with E-state index >= 15 is 0 Å². The third-order valence-electron chi connectivity index (χ3n) is 4.72. The fourth-order valence-electron chi connectivity index (χ4n) is 3.02. The van der Waals surface area contributed by atoms with E-state index in [1.165, 1.54) is 12.1 Å². The Bertz CT molecular complexity index is 953. The van der Waals surface area contributed by atoms with Gasteiger partial charge in [0.25, 0.3) is 5.91 Å². The number of nitrogens with two attached hydrogens (primary N) is 1. The van der Waals surface area contributed by atoms with Gasteiger partial charge in [-0.05, 0) is 31.9 Å². The summed E-state index contributed by atoms with van der Waals surface area (Å²) in [4.78, 5) is 36.9. The van der Waals surface area contributed by atoms with Crippen molar-refractivity contribution in [3.63, 3.8) is 0 Å². The molecule has 0 aliphatic rings. The van der Waals surface area contributed by atoms with Crippen molar-refractivity contribution in [3.05, 3.63) is 48.3 Å². The number of aromatic nitrogens is 1. The number of aromatic hydroxyl groups is 2. The summed E-state index contributed by atoms with van der Waals surface area (Å²) in [6.45, 7) is -0.467. The van der Waals surface area contributed by atoms with Gasteiger partial charge in [-0.1, -0.05) is 6.07 Å². The van der Waals surface area contributed by atoms with Crippen LogP contribution in [0.2, 0.25) is 0 Å². The number of nitrogens with zero attached hydrogens (tertiary/aromatic N) is 1. The molecule has 0 aliphatic heterocycles. The number of aliphatic hydroxyl groups excluding tert-OH is 1. The molecule has 11 heteroatoms. The fraction of sp³-hybridized carbons (Fsp3) is 0.333. The number of rotatable bonds is 11. The molecule has 0 fully saturated rings. The van der Waals surface area contributed by atoms with Crippen LogP contribution in [0.1, 0.15) is 29.6 Å². The first-order valence-electron chi connectivity index (χ1n) is 9.96.